The molecule has 152 valence electrons. The number of hydrogen-bond acceptors (Lipinski definition) is 8. The summed E-state index contributed by atoms with van der Waals surface area (Å²) in [5.74, 6) is -0.899. The van der Waals surface area contributed by atoms with Gasteiger partial charge in [-0.25, -0.2) is 15.0 Å². The summed E-state index contributed by atoms with van der Waals surface area (Å²) in [5, 5.41) is 9.16. The molecule has 1 fully saturated rings. The van der Waals surface area contributed by atoms with Gasteiger partial charge in [-0.05, 0) is 33.6 Å². The zero-order valence-electron chi connectivity index (χ0n) is 16.3. The number of esters is 1. The second-order valence-electron chi connectivity index (χ2n) is 8.01. The summed E-state index contributed by atoms with van der Waals surface area (Å²) in [7, 11) is 0. The molecule has 2 aromatic rings. The summed E-state index contributed by atoms with van der Waals surface area (Å²) in [6.07, 6.45) is 4.14. The van der Waals surface area contributed by atoms with Crippen molar-refractivity contribution < 1.29 is 19.4 Å². The van der Waals surface area contributed by atoms with Crippen LogP contribution in [0.3, 0.4) is 0 Å². The normalized spacial score (nSPS) is 16.9. The first kappa shape index (κ1) is 20.0. The number of carbonyl (C=O) groups is 2. The van der Waals surface area contributed by atoms with Crippen molar-refractivity contribution in [3.05, 3.63) is 12.7 Å². The largest absolute Gasteiger partial charge is 0.481 e. The standard InChI is InChI=1S/C18H26N6O4/c1-18(2,3)28-17(27)12(19)8-24-10-22-13-14(20-9-21-15(13)24)23-6-4-11(5-7-23)16(25)26/h9-12H,4-8,19H2,1-3H3,(H,25,26). The first-order valence-corrected chi connectivity index (χ1v) is 9.28. The van der Waals surface area contributed by atoms with E-state index in [2.05, 4.69) is 15.0 Å². The van der Waals surface area contributed by atoms with Crippen LogP contribution in [-0.2, 0) is 20.9 Å². The quantitative estimate of drug-likeness (QED) is 0.710. The topological polar surface area (TPSA) is 136 Å². The van der Waals surface area contributed by atoms with Gasteiger partial charge in [0.05, 0.1) is 18.8 Å². The average Bonchev–Trinajstić information content (AvgIpc) is 3.03. The molecular weight excluding hydrogens is 364 g/mol. The number of nitrogens with two attached hydrogens (primary N) is 1. The maximum Gasteiger partial charge on any atom is 0.325 e. The van der Waals surface area contributed by atoms with Gasteiger partial charge in [0.15, 0.2) is 17.0 Å². The molecule has 2 aromatic heterocycles. The molecular formula is C18H26N6O4. The van der Waals surface area contributed by atoms with Gasteiger partial charge in [-0.2, -0.15) is 0 Å². The van der Waals surface area contributed by atoms with Gasteiger partial charge in [-0.1, -0.05) is 0 Å². The summed E-state index contributed by atoms with van der Waals surface area (Å²) in [6.45, 7) is 6.73. The molecule has 10 heteroatoms. The van der Waals surface area contributed by atoms with Crippen LogP contribution in [0.1, 0.15) is 33.6 Å². The third-order valence-corrected chi connectivity index (χ3v) is 4.63. The van der Waals surface area contributed by atoms with E-state index in [1.54, 1.807) is 31.7 Å². The van der Waals surface area contributed by atoms with Crippen LogP contribution in [0, 0.1) is 5.92 Å². The van der Waals surface area contributed by atoms with Crippen LogP contribution < -0.4 is 10.6 Å². The Hall–Kier alpha value is -2.75. The van der Waals surface area contributed by atoms with Crippen molar-refractivity contribution in [1.82, 2.24) is 19.5 Å². The van der Waals surface area contributed by atoms with Crippen molar-refractivity contribution >= 4 is 28.9 Å². The molecule has 28 heavy (non-hydrogen) atoms. The van der Waals surface area contributed by atoms with Gasteiger partial charge in [0, 0.05) is 13.1 Å². The molecule has 10 nitrogen and oxygen atoms in total. The monoisotopic (exact) mass is 390 g/mol. The van der Waals surface area contributed by atoms with Gasteiger partial charge < -0.3 is 25.0 Å². The molecule has 0 aliphatic carbocycles. The Labute approximate surface area is 162 Å². The van der Waals surface area contributed by atoms with Gasteiger partial charge >= 0.3 is 11.9 Å². The number of imidazole rings is 1. The number of carboxylic acids is 1. The molecule has 1 aliphatic heterocycles. The minimum atomic E-state index is -0.846. The summed E-state index contributed by atoms with van der Waals surface area (Å²) in [6, 6.07) is -0.846. The lowest BCUT2D eigenvalue weighted by Crippen LogP contribution is -2.40. The zero-order chi connectivity index (χ0) is 20.5. The van der Waals surface area contributed by atoms with E-state index in [4.69, 9.17) is 15.6 Å². The predicted molar refractivity (Wildman–Crippen MR) is 102 cm³/mol. The van der Waals surface area contributed by atoms with E-state index < -0.39 is 23.6 Å². The fourth-order valence-electron chi connectivity index (χ4n) is 3.24. The third kappa shape index (κ3) is 4.38. The lowest BCUT2D eigenvalue weighted by molar-refractivity contribution is -0.156. The smallest absolute Gasteiger partial charge is 0.325 e. The van der Waals surface area contributed by atoms with Gasteiger partial charge in [0.1, 0.15) is 18.0 Å². The Bertz CT molecular complexity index is 867. The summed E-state index contributed by atoms with van der Waals surface area (Å²) in [5.41, 5.74) is 6.57. The Balaban J connectivity index is 1.76. The number of anilines is 1. The molecule has 3 rings (SSSR count). The van der Waals surface area contributed by atoms with Crippen molar-refractivity contribution in [3.63, 3.8) is 0 Å². The molecule has 0 saturated carbocycles. The first-order chi connectivity index (χ1) is 13.2. The third-order valence-electron chi connectivity index (χ3n) is 4.63. The van der Waals surface area contributed by atoms with Gasteiger partial charge in [0.25, 0.3) is 0 Å². The van der Waals surface area contributed by atoms with E-state index in [1.165, 1.54) is 6.33 Å². The number of carboxylic acid groups (broad SMARTS) is 1. The van der Waals surface area contributed by atoms with Crippen molar-refractivity contribution in [2.24, 2.45) is 11.7 Å². The van der Waals surface area contributed by atoms with Crippen LogP contribution >= 0.6 is 0 Å². The first-order valence-electron chi connectivity index (χ1n) is 9.28. The maximum atomic E-state index is 12.2. The number of piperidine rings is 1. The molecule has 1 aliphatic rings. The van der Waals surface area contributed by atoms with Crippen LogP contribution in [0.5, 0.6) is 0 Å². The highest BCUT2D eigenvalue weighted by Gasteiger charge is 2.27. The van der Waals surface area contributed by atoms with E-state index in [0.717, 1.165) is 0 Å². The number of carbonyl (C=O) groups excluding carboxylic acids is 1. The minimum Gasteiger partial charge on any atom is -0.481 e. The van der Waals surface area contributed by atoms with Gasteiger partial charge in [-0.15, -0.1) is 0 Å². The molecule has 3 heterocycles. The highest BCUT2D eigenvalue weighted by molar-refractivity contribution is 5.84. The van der Waals surface area contributed by atoms with E-state index in [-0.39, 0.29) is 12.5 Å². The summed E-state index contributed by atoms with van der Waals surface area (Å²) < 4.78 is 7.03. The van der Waals surface area contributed by atoms with Gasteiger partial charge in [0.2, 0.25) is 0 Å². The van der Waals surface area contributed by atoms with Crippen molar-refractivity contribution in [2.45, 2.75) is 51.8 Å². The van der Waals surface area contributed by atoms with Crippen molar-refractivity contribution in [2.75, 3.05) is 18.0 Å². The van der Waals surface area contributed by atoms with Crippen molar-refractivity contribution in [3.8, 4) is 0 Å². The van der Waals surface area contributed by atoms with Crippen LogP contribution in [0.15, 0.2) is 12.7 Å². The number of hydrogen-bond donors (Lipinski definition) is 2. The number of ether oxygens (including phenoxy) is 1. The van der Waals surface area contributed by atoms with Crippen LogP contribution in [0.25, 0.3) is 11.2 Å². The number of rotatable bonds is 5. The molecule has 0 aromatic carbocycles. The molecule has 0 spiro atoms. The Morgan fingerprint density at radius 1 is 1.29 bits per heavy atom. The van der Waals surface area contributed by atoms with Crippen molar-refractivity contribution in [1.29, 1.82) is 0 Å². The maximum absolute atomic E-state index is 12.2. The Morgan fingerprint density at radius 3 is 2.57 bits per heavy atom. The number of aliphatic carboxylic acids is 1. The van der Waals surface area contributed by atoms with Crippen LogP contribution in [-0.4, -0.2) is 61.3 Å². The molecule has 0 bridgehead atoms. The fourth-order valence-corrected chi connectivity index (χ4v) is 3.24. The fraction of sp³-hybridized carbons (Fsp3) is 0.611. The molecule has 1 atom stereocenters. The second kappa shape index (κ2) is 7.70. The van der Waals surface area contributed by atoms with E-state index in [9.17, 15) is 9.59 Å². The second-order valence-corrected chi connectivity index (χ2v) is 8.01. The average molecular weight is 390 g/mol. The predicted octanol–water partition coefficient (Wildman–Crippen LogP) is 0.796. The highest BCUT2D eigenvalue weighted by atomic mass is 16.6. The van der Waals surface area contributed by atoms with Crippen LogP contribution in [0.2, 0.25) is 0 Å². The summed E-state index contributed by atoms with van der Waals surface area (Å²) >= 11 is 0. The van der Waals surface area contributed by atoms with E-state index in [0.29, 0.717) is 42.9 Å². The van der Waals surface area contributed by atoms with E-state index >= 15 is 0 Å². The number of fused-ring (bicyclic) bond motifs is 1. The van der Waals surface area contributed by atoms with E-state index in [1.807, 2.05) is 4.90 Å². The summed E-state index contributed by atoms with van der Waals surface area (Å²) in [4.78, 5) is 38.4. The Morgan fingerprint density at radius 2 is 1.96 bits per heavy atom. The molecule has 0 amide bonds. The zero-order valence-corrected chi connectivity index (χ0v) is 16.3. The molecule has 1 saturated heterocycles. The number of nitrogens with zero attached hydrogens (tertiary/aromatic N) is 5. The molecule has 0 radical (unpaired) electrons. The van der Waals surface area contributed by atoms with Gasteiger partial charge in [-0.3, -0.25) is 9.59 Å². The lowest BCUT2D eigenvalue weighted by atomic mass is 9.97. The Kier molecular flexibility index (Phi) is 5.50. The highest BCUT2D eigenvalue weighted by Crippen LogP contribution is 2.26. The molecule has 3 N–H and O–H groups in total. The SMILES string of the molecule is CC(C)(C)OC(=O)C(N)Cn1cnc2c(N3CCC(C(=O)O)CC3)ncnc21. The minimum absolute atomic E-state index is 0.183. The number of aromatic nitrogens is 4. The molecule has 1 unspecified atom stereocenters. The van der Waals surface area contributed by atoms with Crippen LogP contribution in [0.4, 0.5) is 5.82 Å². The lowest BCUT2D eigenvalue weighted by Gasteiger charge is -2.30.